The molecule has 0 bridgehead atoms. The Hall–Kier alpha value is -0.180. The number of carbonyl (C=O) groups excluding carboxylic acids is 1. The molecule has 0 aliphatic heterocycles. The lowest BCUT2D eigenvalue weighted by Crippen LogP contribution is -2.25. The van der Waals surface area contributed by atoms with E-state index in [1.54, 1.807) is 0 Å². The molecule has 1 aliphatic carbocycles. The van der Waals surface area contributed by atoms with Crippen molar-refractivity contribution >= 4 is 17.7 Å². The van der Waals surface area contributed by atoms with Crippen LogP contribution >= 0.6 is 11.8 Å². The molecule has 14 heavy (non-hydrogen) atoms. The molecule has 1 fully saturated rings. The van der Waals surface area contributed by atoms with Crippen LogP contribution in [0.5, 0.6) is 0 Å². The highest BCUT2D eigenvalue weighted by Gasteiger charge is 2.28. The average Bonchev–Trinajstić information content (AvgIpc) is 2.99. The van der Waals surface area contributed by atoms with Crippen molar-refractivity contribution in [3.63, 3.8) is 0 Å². The number of carbonyl (C=O) groups is 1. The highest BCUT2D eigenvalue weighted by molar-refractivity contribution is 7.98. The molecule has 1 amide bonds. The van der Waals surface area contributed by atoms with Crippen LogP contribution in [0, 0.1) is 5.92 Å². The molecule has 1 aliphatic rings. The Morgan fingerprint density at radius 3 is 2.64 bits per heavy atom. The van der Waals surface area contributed by atoms with E-state index in [0.717, 1.165) is 25.8 Å². The minimum Gasteiger partial charge on any atom is -0.356 e. The molecule has 0 unspecified atom stereocenters. The van der Waals surface area contributed by atoms with Crippen LogP contribution in [0.2, 0.25) is 0 Å². The van der Waals surface area contributed by atoms with Crippen LogP contribution in [0.15, 0.2) is 0 Å². The zero-order valence-electron chi connectivity index (χ0n) is 9.05. The number of hydrogen-bond acceptors (Lipinski definition) is 2. The van der Waals surface area contributed by atoms with Gasteiger partial charge in [0, 0.05) is 12.5 Å². The average molecular weight is 215 g/mol. The fourth-order valence-corrected chi connectivity index (χ4v) is 1.92. The Labute approximate surface area is 91.2 Å². The van der Waals surface area contributed by atoms with Gasteiger partial charge >= 0.3 is 0 Å². The Kier molecular flexibility index (Phi) is 6.08. The summed E-state index contributed by atoms with van der Waals surface area (Å²) in [6, 6.07) is 0. The van der Waals surface area contributed by atoms with Crippen molar-refractivity contribution in [2.24, 2.45) is 5.92 Å². The highest BCUT2D eigenvalue weighted by atomic mass is 32.2. The third kappa shape index (κ3) is 5.53. The van der Waals surface area contributed by atoms with Crippen molar-refractivity contribution in [3.8, 4) is 0 Å². The molecule has 0 aromatic carbocycles. The van der Waals surface area contributed by atoms with E-state index in [4.69, 9.17) is 0 Å². The van der Waals surface area contributed by atoms with Crippen molar-refractivity contribution < 1.29 is 4.79 Å². The lowest BCUT2D eigenvalue weighted by Gasteiger charge is -2.03. The summed E-state index contributed by atoms with van der Waals surface area (Å²) in [4.78, 5) is 11.2. The fourth-order valence-electron chi connectivity index (χ4n) is 1.43. The molecule has 3 heteroatoms. The van der Waals surface area contributed by atoms with E-state index in [-0.39, 0.29) is 5.91 Å². The summed E-state index contributed by atoms with van der Waals surface area (Å²) in [6.07, 6.45) is 9.39. The van der Waals surface area contributed by atoms with Crippen LogP contribution in [0.3, 0.4) is 0 Å². The van der Waals surface area contributed by atoms with E-state index >= 15 is 0 Å². The second-order valence-electron chi connectivity index (χ2n) is 3.97. The predicted molar refractivity (Wildman–Crippen MR) is 62.6 cm³/mol. The van der Waals surface area contributed by atoms with Gasteiger partial charge in [-0.25, -0.2) is 0 Å². The number of nitrogens with one attached hydrogen (secondary N) is 1. The minimum atomic E-state index is 0.286. The van der Waals surface area contributed by atoms with E-state index < -0.39 is 0 Å². The maximum atomic E-state index is 11.2. The summed E-state index contributed by atoms with van der Waals surface area (Å²) in [5.41, 5.74) is 0. The summed E-state index contributed by atoms with van der Waals surface area (Å²) in [5.74, 6) is 1.93. The minimum absolute atomic E-state index is 0.286. The Balaban J connectivity index is 1.77. The molecule has 1 rings (SSSR count). The second kappa shape index (κ2) is 7.16. The van der Waals surface area contributed by atoms with Gasteiger partial charge in [0.25, 0.3) is 0 Å². The monoisotopic (exact) mass is 215 g/mol. The molecule has 0 heterocycles. The van der Waals surface area contributed by atoms with E-state index in [9.17, 15) is 4.79 Å². The van der Waals surface area contributed by atoms with Gasteiger partial charge in [-0.1, -0.05) is 12.8 Å². The number of amides is 1. The lowest BCUT2D eigenvalue weighted by molar-refractivity contribution is -0.122. The Morgan fingerprint density at radius 1 is 1.29 bits per heavy atom. The molecule has 0 atom stereocenters. The molecule has 1 N–H and O–H groups in total. The van der Waals surface area contributed by atoms with Crippen LogP contribution < -0.4 is 5.32 Å². The van der Waals surface area contributed by atoms with Gasteiger partial charge in [-0.05, 0) is 37.7 Å². The molecule has 0 saturated heterocycles. The van der Waals surface area contributed by atoms with Crippen molar-refractivity contribution in [3.05, 3.63) is 0 Å². The molecular weight excluding hydrogens is 194 g/mol. The van der Waals surface area contributed by atoms with Gasteiger partial charge in [0.1, 0.15) is 0 Å². The first-order valence-electron chi connectivity index (χ1n) is 5.61. The zero-order valence-corrected chi connectivity index (χ0v) is 9.87. The first kappa shape index (κ1) is 11.9. The van der Waals surface area contributed by atoms with Gasteiger partial charge in [-0.2, -0.15) is 11.8 Å². The van der Waals surface area contributed by atoms with E-state index in [0.29, 0.717) is 5.92 Å². The highest BCUT2D eigenvalue weighted by Crippen LogP contribution is 2.28. The summed E-state index contributed by atoms with van der Waals surface area (Å²) in [6.45, 7) is 0.884. The molecule has 1 saturated carbocycles. The first-order chi connectivity index (χ1) is 6.84. The van der Waals surface area contributed by atoms with Crippen LogP contribution in [0.25, 0.3) is 0 Å². The summed E-state index contributed by atoms with van der Waals surface area (Å²) in [5, 5.41) is 2.99. The molecule has 0 aromatic rings. The van der Waals surface area contributed by atoms with Gasteiger partial charge in [0.05, 0.1) is 0 Å². The van der Waals surface area contributed by atoms with Gasteiger partial charge in [-0.3, -0.25) is 4.79 Å². The van der Waals surface area contributed by atoms with Crippen molar-refractivity contribution in [1.82, 2.24) is 5.32 Å². The van der Waals surface area contributed by atoms with Gasteiger partial charge in [0.2, 0.25) is 5.91 Å². The van der Waals surface area contributed by atoms with Crippen molar-refractivity contribution in [2.75, 3.05) is 18.6 Å². The molecule has 0 aromatic heterocycles. The summed E-state index contributed by atoms with van der Waals surface area (Å²) in [7, 11) is 0. The van der Waals surface area contributed by atoms with Crippen LogP contribution in [-0.2, 0) is 4.79 Å². The first-order valence-corrected chi connectivity index (χ1v) is 7.00. The number of thioether (sulfide) groups is 1. The third-order valence-electron chi connectivity index (χ3n) is 2.52. The number of unbranched alkanes of at least 4 members (excludes halogenated alkanes) is 3. The summed E-state index contributed by atoms with van der Waals surface area (Å²) < 4.78 is 0. The quantitative estimate of drug-likeness (QED) is 0.630. The molecule has 2 nitrogen and oxygen atoms in total. The van der Waals surface area contributed by atoms with Crippen LogP contribution in [-0.4, -0.2) is 24.5 Å². The fraction of sp³-hybridized carbons (Fsp3) is 0.909. The maximum absolute atomic E-state index is 11.2. The molecule has 82 valence electrons. The standard InChI is InChI=1S/C11H21NOS/c1-14-9-5-3-2-4-8-12-11(13)10-6-7-10/h10H,2-9H2,1H3,(H,12,13). The normalized spacial score (nSPS) is 15.5. The maximum Gasteiger partial charge on any atom is 0.223 e. The topological polar surface area (TPSA) is 29.1 Å². The SMILES string of the molecule is CSCCCCCCNC(=O)C1CC1. The number of rotatable bonds is 8. The third-order valence-corrected chi connectivity index (χ3v) is 3.22. The van der Waals surface area contributed by atoms with Gasteiger partial charge in [-0.15, -0.1) is 0 Å². The Bertz CT molecular complexity index is 169. The smallest absolute Gasteiger partial charge is 0.223 e. The van der Waals surface area contributed by atoms with Crippen molar-refractivity contribution in [2.45, 2.75) is 38.5 Å². The van der Waals surface area contributed by atoms with Crippen molar-refractivity contribution in [1.29, 1.82) is 0 Å². The number of hydrogen-bond donors (Lipinski definition) is 1. The second-order valence-corrected chi connectivity index (χ2v) is 4.96. The van der Waals surface area contributed by atoms with Gasteiger partial charge < -0.3 is 5.32 Å². The molecular formula is C11H21NOS. The van der Waals surface area contributed by atoms with Crippen LogP contribution in [0.1, 0.15) is 38.5 Å². The van der Waals surface area contributed by atoms with Gasteiger partial charge in [0.15, 0.2) is 0 Å². The van der Waals surface area contributed by atoms with E-state index in [1.807, 2.05) is 11.8 Å². The van der Waals surface area contributed by atoms with Crippen LogP contribution in [0.4, 0.5) is 0 Å². The Morgan fingerprint density at radius 2 is 2.00 bits per heavy atom. The molecule has 0 radical (unpaired) electrons. The predicted octanol–water partition coefficient (Wildman–Crippen LogP) is 2.44. The summed E-state index contributed by atoms with van der Waals surface area (Å²) >= 11 is 1.91. The van der Waals surface area contributed by atoms with E-state index in [1.165, 1.54) is 25.0 Å². The zero-order chi connectivity index (χ0) is 10.2. The largest absolute Gasteiger partial charge is 0.356 e. The van der Waals surface area contributed by atoms with E-state index in [2.05, 4.69) is 11.6 Å². The lowest BCUT2D eigenvalue weighted by atomic mass is 10.2. The molecule has 0 spiro atoms.